The lowest BCUT2D eigenvalue weighted by atomic mass is 10.0. The molecular formula is C24H32N2O2. The SMILES string of the molecule is CCC(CN1CCCC1)N(CC)C(=O)c1ccc(-c2ccc(OC)cc2)cc1. The van der Waals surface area contributed by atoms with E-state index in [4.69, 9.17) is 4.74 Å². The van der Waals surface area contributed by atoms with Crippen LogP contribution in [0.25, 0.3) is 11.1 Å². The van der Waals surface area contributed by atoms with E-state index in [2.05, 4.69) is 18.7 Å². The van der Waals surface area contributed by atoms with Crippen molar-refractivity contribution >= 4 is 5.91 Å². The minimum absolute atomic E-state index is 0.134. The molecule has 0 saturated carbocycles. The molecule has 3 rings (SSSR count). The lowest BCUT2D eigenvalue weighted by molar-refractivity contribution is 0.0644. The molecule has 2 aromatic rings. The van der Waals surface area contributed by atoms with Crippen molar-refractivity contribution in [2.45, 2.75) is 39.2 Å². The number of rotatable bonds is 8. The molecule has 1 heterocycles. The van der Waals surface area contributed by atoms with E-state index in [1.807, 2.05) is 53.4 Å². The molecule has 0 N–H and O–H groups in total. The van der Waals surface area contributed by atoms with E-state index in [1.165, 1.54) is 25.9 Å². The molecule has 1 fully saturated rings. The molecule has 1 unspecified atom stereocenters. The Balaban J connectivity index is 1.72. The largest absolute Gasteiger partial charge is 0.497 e. The van der Waals surface area contributed by atoms with E-state index in [0.29, 0.717) is 0 Å². The Labute approximate surface area is 169 Å². The number of ether oxygens (including phenoxy) is 1. The number of hydrogen-bond acceptors (Lipinski definition) is 3. The lowest BCUT2D eigenvalue weighted by Gasteiger charge is -2.33. The van der Waals surface area contributed by atoms with Gasteiger partial charge in [0.25, 0.3) is 5.91 Å². The number of carbonyl (C=O) groups is 1. The summed E-state index contributed by atoms with van der Waals surface area (Å²) in [6, 6.07) is 16.2. The van der Waals surface area contributed by atoms with Gasteiger partial charge in [0.2, 0.25) is 0 Å². The summed E-state index contributed by atoms with van der Waals surface area (Å²) in [5.41, 5.74) is 2.98. The standard InChI is InChI=1S/C24H32N2O2/c1-4-22(18-25-16-6-7-17-25)26(5-2)24(27)21-10-8-19(9-11-21)20-12-14-23(28-3)15-13-20/h8-15,22H,4-7,16-18H2,1-3H3. The quantitative estimate of drug-likeness (QED) is 0.665. The second kappa shape index (κ2) is 9.74. The number of likely N-dealkylation sites (tertiary alicyclic amines) is 1. The smallest absolute Gasteiger partial charge is 0.254 e. The number of nitrogens with zero attached hydrogens (tertiary/aromatic N) is 2. The fourth-order valence-electron chi connectivity index (χ4n) is 4.03. The zero-order valence-corrected chi connectivity index (χ0v) is 17.4. The number of likely N-dealkylation sites (N-methyl/N-ethyl adjacent to an activating group) is 1. The third kappa shape index (κ3) is 4.74. The van der Waals surface area contributed by atoms with Crippen molar-refractivity contribution in [3.05, 3.63) is 54.1 Å². The summed E-state index contributed by atoms with van der Waals surface area (Å²) in [6.45, 7) is 8.32. The van der Waals surface area contributed by atoms with Crippen LogP contribution < -0.4 is 4.74 Å². The van der Waals surface area contributed by atoms with Crippen molar-refractivity contribution in [2.24, 2.45) is 0 Å². The lowest BCUT2D eigenvalue weighted by Crippen LogP contribution is -2.46. The second-order valence-corrected chi connectivity index (χ2v) is 7.47. The van der Waals surface area contributed by atoms with Crippen LogP contribution >= 0.6 is 0 Å². The minimum atomic E-state index is 0.134. The second-order valence-electron chi connectivity index (χ2n) is 7.47. The van der Waals surface area contributed by atoms with Gasteiger partial charge in [-0.3, -0.25) is 4.79 Å². The first-order valence-corrected chi connectivity index (χ1v) is 10.4. The van der Waals surface area contributed by atoms with Crippen molar-refractivity contribution in [2.75, 3.05) is 33.3 Å². The summed E-state index contributed by atoms with van der Waals surface area (Å²) in [5, 5.41) is 0. The van der Waals surface area contributed by atoms with Crippen LogP contribution in [-0.4, -0.2) is 55.0 Å². The third-order valence-electron chi connectivity index (χ3n) is 5.74. The number of methoxy groups -OCH3 is 1. The van der Waals surface area contributed by atoms with Crippen LogP contribution in [0.1, 0.15) is 43.5 Å². The Morgan fingerprint density at radius 2 is 1.57 bits per heavy atom. The molecule has 150 valence electrons. The van der Waals surface area contributed by atoms with E-state index >= 15 is 0 Å². The molecule has 28 heavy (non-hydrogen) atoms. The molecule has 0 aliphatic carbocycles. The summed E-state index contributed by atoms with van der Waals surface area (Å²) in [6.07, 6.45) is 3.55. The van der Waals surface area contributed by atoms with E-state index < -0.39 is 0 Å². The van der Waals surface area contributed by atoms with E-state index in [-0.39, 0.29) is 11.9 Å². The van der Waals surface area contributed by atoms with Gasteiger partial charge in [0, 0.05) is 24.7 Å². The normalized spacial score (nSPS) is 15.4. The summed E-state index contributed by atoms with van der Waals surface area (Å²) < 4.78 is 5.22. The molecule has 0 radical (unpaired) electrons. The molecule has 0 bridgehead atoms. The van der Waals surface area contributed by atoms with Crippen LogP contribution in [0.3, 0.4) is 0 Å². The van der Waals surface area contributed by atoms with Crippen LogP contribution in [0, 0.1) is 0 Å². The zero-order chi connectivity index (χ0) is 19.9. The number of benzene rings is 2. The van der Waals surface area contributed by atoms with Crippen molar-refractivity contribution in [1.29, 1.82) is 0 Å². The maximum Gasteiger partial charge on any atom is 0.254 e. The van der Waals surface area contributed by atoms with Crippen molar-refractivity contribution in [3.8, 4) is 16.9 Å². The highest BCUT2D eigenvalue weighted by atomic mass is 16.5. The van der Waals surface area contributed by atoms with Crippen LogP contribution in [-0.2, 0) is 0 Å². The molecule has 4 heteroatoms. The van der Waals surface area contributed by atoms with E-state index in [0.717, 1.165) is 42.0 Å². The molecule has 1 aliphatic heterocycles. The fourth-order valence-corrected chi connectivity index (χ4v) is 4.03. The van der Waals surface area contributed by atoms with Crippen molar-refractivity contribution < 1.29 is 9.53 Å². The van der Waals surface area contributed by atoms with Gasteiger partial charge in [0.15, 0.2) is 0 Å². The molecule has 1 atom stereocenters. The highest BCUT2D eigenvalue weighted by Crippen LogP contribution is 2.23. The number of hydrogen-bond donors (Lipinski definition) is 0. The fraction of sp³-hybridized carbons (Fsp3) is 0.458. The van der Waals surface area contributed by atoms with Gasteiger partial charge in [-0.2, -0.15) is 0 Å². The maximum atomic E-state index is 13.2. The third-order valence-corrected chi connectivity index (χ3v) is 5.74. The van der Waals surface area contributed by atoms with Crippen LogP contribution in [0.2, 0.25) is 0 Å². The summed E-state index contributed by atoms with van der Waals surface area (Å²) in [5.74, 6) is 0.979. The minimum Gasteiger partial charge on any atom is -0.497 e. The summed E-state index contributed by atoms with van der Waals surface area (Å²) >= 11 is 0. The van der Waals surface area contributed by atoms with Gasteiger partial charge in [-0.1, -0.05) is 31.2 Å². The predicted octanol–water partition coefficient (Wildman–Crippen LogP) is 4.70. The highest BCUT2D eigenvalue weighted by molar-refractivity contribution is 5.95. The van der Waals surface area contributed by atoms with Gasteiger partial charge in [-0.25, -0.2) is 0 Å². The van der Waals surface area contributed by atoms with Crippen LogP contribution in [0.15, 0.2) is 48.5 Å². The van der Waals surface area contributed by atoms with Gasteiger partial charge < -0.3 is 14.5 Å². The van der Waals surface area contributed by atoms with Gasteiger partial charge in [-0.05, 0) is 74.7 Å². The number of carbonyl (C=O) groups excluding carboxylic acids is 1. The molecule has 1 amide bonds. The molecule has 1 aliphatic rings. The van der Waals surface area contributed by atoms with Gasteiger partial charge in [-0.15, -0.1) is 0 Å². The van der Waals surface area contributed by atoms with E-state index in [1.54, 1.807) is 7.11 Å². The zero-order valence-electron chi connectivity index (χ0n) is 17.4. The first kappa shape index (κ1) is 20.4. The average molecular weight is 381 g/mol. The van der Waals surface area contributed by atoms with Gasteiger partial charge in [0.05, 0.1) is 7.11 Å². The summed E-state index contributed by atoms with van der Waals surface area (Å²) in [7, 11) is 1.67. The Hall–Kier alpha value is -2.33. The highest BCUT2D eigenvalue weighted by Gasteiger charge is 2.25. The topological polar surface area (TPSA) is 32.8 Å². The van der Waals surface area contributed by atoms with E-state index in [9.17, 15) is 4.79 Å². The first-order valence-electron chi connectivity index (χ1n) is 10.4. The first-order chi connectivity index (χ1) is 13.7. The van der Waals surface area contributed by atoms with Gasteiger partial charge in [0.1, 0.15) is 5.75 Å². The summed E-state index contributed by atoms with van der Waals surface area (Å²) in [4.78, 5) is 17.7. The molecular weight excluding hydrogens is 348 g/mol. The average Bonchev–Trinajstić information content (AvgIpc) is 3.26. The molecule has 0 spiro atoms. The molecule has 4 nitrogen and oxygen atoms in total. The number of amides is 1. The molecule has 1 saturated heterocycles. The van der Waals surface area contributed by atoms with Gasteiger partial charge >= 0.3 is 0 Å². The molecule has 0 aromatic heterocycles. The maximum absolute atomic E-state index is 13.2. The van der Waals surface area contributed by atoms with Crippen molar-refractivity contribution in [3.63, 3.8) is 0 Å². The van der Waals surface area contributed by atoms with Crippen LogP contribution in [0.5, 0.6) is 5.75 Å². The predicted molar refractivity (Wildman–Crippen MR) is 115 cm³/mol. The Bertz CT molecular complexity index is 749. The molecule has 2 aromatic carbocycles. The van der Waals surface area contributed by atoms with Crippen LogP contribution in [0.4, 0.5) is 0 Å². The monoisotopic (exact) mass is 380 g/mol. The van der Waals surface area contributed by atoms with Crippen molar-refractivity contribution in [1.82, 2.24) is 9.80 Å². The Morgan fingerprint density at radius 1 is 1.00 bits per heavy atom. The Morgan fingerprint density at radius 3 is 2.07 bits per heavy atom. The Kier molecular flexibility index (Phi) is 7.10.